The van der Waals surface area contributed by atoms with Crippen LogP contribution in [0.25, 0.3) is 0 Å². The number of para-hydroxylation sites is 1. The number of nitrogens with zero attached hydrogens (tertiary/aromatic N) is 2. The van der Waals surface area contributed by atoms with Crippen molar-refractivity contribution in [2.75, 3.05) is 42.9 Å². The Labute approximate surface area is 164 Å². The van der Waals surface area contributed by atoms with Crippen LogP contribution in [0.2, 0.25) is 0 Å². The average Bonchev–Trinajstić information content (AvgIpc) is 2.66. The smallest absolute Gasteiger partial charge is 0.326 e. The molecular formula is C21H25FN4O2. The Balaban J connectivity index is 1.46. The van der Waals surface area contributed by atoms with Gasteiger partial charge in [0.1, 0.15) is 5.82 Å². The van der Waals surface area contributed by atoms with Gasteiger partial charge >= 0.3 is 6.03 Å². The van der Waals surface area contributed by atoms with Crippen LogP contribution in [-0.2, 0) is 4.79 Å². The summed E-state index contributed by atoms with van der Waals surface area (Å²) in [5.41, 5.74) is 3.81. The third-order valence-electron chi connectivity index (χ3n) is 5.03. The van der Waals surface area contributed by atoms with E-state index in [1.54, 1.807) is 6.07 Å². The van der Waals surface area contributed by atoms with Crippen LogP contribution in [0.3, 0.4) is 0 Å². The molecule has 3 amide bonds. The molecule has 0 unspecified atom stereocenters. The molecule has 148 valence electrons. The van der Waals surface area contributed by atoms with Crippen molar-refractivity contribution in [2.24, 2.45) is 0 Å². The second-order valence-electron chi connectivity index (χ2n) is 6.96. The van der Waals surface area contributed by atoms with Gasteiger partial charge in [0.15, 0.2) is 0 Å². The van der Waals surface area contributed by atoms with Crippen molar-refractivity contribution in [1.82, 2.24) is 10.2 Å². The van der Waals surface area contributed by atoms with E-state index in [-0.39, 0.29) is 12.2 Å². The standard InChI is InChI=1S/C21H25FN4O2/c1-15-6-5-9-19(16(15)2)26-12-10-25(11-13-26)14-20(27)24-21(28)23-18-8-4-3-7-17(18)22/h3-9H,10-14H2,1-2H3,(H2,23,24,27,28). The summed E-state index contributed by atoms with van der Waals surface area (Å²) in [7, 11) is 0. The number of carbonyl (C=O) groups excluding carboxylic acids is 2. The zero-order valence-electron chi connectivity index (χ0n) is 16.2. The molecule has 6 nitrogen and oxygen atoms in total. The van der Waals surface area contributed by atoms with Gasteiger partial charge in [-0.05, 0) is 43.2 Å². The number of benzene rings is 2. The third-order valence-corrected chi connectivity index (χ3v) is 5.03. The fraction of sp³-hybridized carbons (Fsp3) is 0.333. The van der Waals surface area contributed by atoms with Gasteiger partial charge in [-0.15, -0.1) is 0 Å². The number of anilines is 2. The van der Waals surface area contributed by atoms with Crippen molar-refractivity contribution in [2.45, 2.75) is 13.8 Å². The van der Waals surface area contributed by atoms with E-state index in [9.17, 15) is 14.0 Å². The van der Waals surface area contributed by atoms with Crippen molar-refractivity contribution in [1.29, 1.82) is 0 Å². The number of rotatable bonds is 4. The van der Waals surface area contributed by atoms with Crippen LogP contribution in [0.15, 0.2) is 42.5 Å². The van der Waals surface area contributed by atoms with E-state index in [0.29, 0.717) is 0 Å². The molecule has 3 rings (SSSR count). The Kier molecular flexibility index (Phi) is 6.26. The topological polar surface area (TPSA) is 64.7 Å². The molecule has 1 saturated heterocycles. The Hall–Kier alpha value is -2.93. The molecule has 2 aromatic rings. The zero-order valence-corrected chi connectivity index (χ0v) is 16.2. The Morgan fingerprint density at radius 1 is 1.00 bits per heavy atom. The van der Waals surface area contributed by atoms with E-state index in [0.717, 1.165) is 26.2 Å². The maximum Gasteiger partial charge on any atom is 0.326 e. The van der Waals surface area contributed by atoms with E-state index in [4.69, 9.17) is 0 Å². The minimum atomic E-state index is -0.732. The summed E-state index contributed by atoms with van der Waals surface area (Å²) in [4.78, 5) is 28.3. The molecule has 2 aromatic carbocycles. The lowest BCUT2D eigenvalue weighted by molar-refractivity contribution is -0.121. The van der Waals surface area contributed by atoms with Crippen LogP contribution >= 0.6 is 0 Å². The number of aryl methyl sites for hydroxylation is 1. The molecule has 1 aliphatic rings. The summed E-state index contributed by atoms with van der Waals surface area (Å²) in [5, 5.41) is 4.60. The first-order chi connectivity index (χ1) is 13.4. The summed E-state index contributed by atoms with van der Waals surface area (Å²) >= 11 is 0. The molecule has 0 aromatic heterocycles. The number of amides is 3. The molecule has 28 heavy (non-hydrogen) atoms. The van der Waals surface area contributed by atoms with E-state index in [2.05, 4.69) is 47.6 Å². The molecule has 2 N–H and O–H groups in total. The molecule has 0 saturated carbocycles. The van der Waals surface area contributed by atoms with Crippen LogP contribution in [-0.4, -0.2) is 49.6 Å². The summed E-state index contributed by atoms with van der Waals surface area (Å²) in [6.07, 6.45) is 0. The summed E-state index contributed by atoms with van der Waals surface area (Å²) in [6.45, 7) is 7.46. The molecule has 1 heterocycles. The average molecular weight is 384 g/mol. The van der Waals surface area contributed by atoms with Crippen molar-refractivity contribution in [3.8, 4) is 0 Å². The SMILES string of the molecule is Cc1cccc(N2CCN(CC(=O)NC(=O)Nc3ccccc3F)CC2)c1C. The molecule has 1 fully saturated rings. The maximum absolute atomic E-state index is 13.5. The van der Waals surface area contributed by atoms with Crippen LogP contribution in [0.1, 0.15) is 11.1 Å². The predicted molar refractivity (Wildman–Crippen MR) is 108 cm³/mol. The van der Waals surface area contributed by atoms with Gasteiger partial charge in [-0.3, -0.25) is 15.0 Å². The lowest BCUT2D eigenvalue weighted by Gasteiger charge is -2.36. The molecular weight excluding hydrogens is 359 g/mol. The minimum absolute atomic E-state index is 0.0370. The van der Waals surface area contributed by atoms with E-state index in [1.165, 1.54) is 35.0 Å². The highest BCUT2D eigenvalue weighted by atomic mass is 19.1. The lowest BCUT2D eigenvalue weighted by atomic mass is 10.1. The predicted octanol–water partition coefficient (Wildman–Crippen LogP) is 2.91. The molecule has 0 aliphatic carbocycles. The molecule has 0 bridgehead atoms. The summed E-state index contributed by atoms with van der Waals surface area (Å²) in [5.74, 6) is -0.957. The normalized spacial score (nSPS) is 14.6. The maximum atomic E-state index is 13.5. The van der Waals surface area contributed by atoms with Gasteiger partial charge in [0.25, 0.3) is 0 Å². The second kappa shape index (κ2) is 8.84. The molecule has 1 aliphatic heterocycles. The monoisotopic (exact) mass is 384 g/mol. The van der Waals surface area contributed by atoms with Crippen molar-refractivity contribution >= 4 is 23.3 Å². The van der Waals surface area contributed by atoms with Crippen LogP contribution in [0.4, 0.5) is 20.6 Å². The highest BCUT2D eigenvalue weighted by Crippen LogP contribution is 2.23. The van der Waals surface area contributed by atoms with Crippen LogP contribution < -0.4 is 15.5 Å². The number of carbonyl (C=O) groups is 2. The van der Waals surface area contributed by atoms with Crippen LogP contribution in [0.5, 0.6) is 0 Å². The van der Waals surface area contributed by atoms with Crippen molar-refractivity contribution in [3.05, 3.63) is 59.4 Å². The summed E-state index contributed by atoms with van der Waals surface area (Å²) in [6, 6.07) is 11.4. The zero-order chi connectivity index (χ0) is 20.1. The van der Waals surface area contributed by atoms with Gasteiger partial charge in [-0.1, -0.05) is 24.3 Å². The number of piperazine rings is 1. The minimum Gasteiger partial charge on any atom is -0.369 e. The first kappa shape index (κ1) is 19.8. The molecule has 7 heteroatoms. The van der Waals surface area contributed by atoms with Gasteiger partial charge in [0.2, 0.25) is 5.91 Å². The second-order valence-corrected chi connectivity index (χ2v) is 6.96. The lowest BCUT2D eigenvalue weighted by Crippen LogP contribution is -2.50. The highest BCUT2D eigenvalue weighted by molar-refractivity contribution is 6.01. The third kappa shape index (κ3) is 4.86. The molecule has 0 spiro atoms. The first-order valence-electron chi connectivity index (χ1n) is 9.33. The van der Waals surface area contributed by atoms with E-state index in [1.807, 2.05) is 4.90 Å². The van der Waals surface area contributed by atoms with Crippen molar-refractivity contribution < 1.29 is 14.0 Å². The Morgan fingerprint density at radius 3 is 2.43 bits per heavy atom. The van der Waals surface area contributed by atoms with Gasteiger partial charge in [0.05, 0.1) is 12.2 Å². The number of imide groups is 1. The van der Waals surface area contributed by atoms with Gasteiger partial charge in [-0.25, -0.2) is 9.18 Å². The van der Waals surface area contributed by atoms with Crippen molar-refractivity contribution in [3.63, 3.8) is 0 Å². The number of hydrogen-bond donors (Lipinski definition) is 2. The Bertz CT molecular complexity index is 863. The number of nitrogens with one attached hydrogen (secondary N) is 2. The van der Waals surface area contributed by atoms with Gasteiger partial charge in [0, 0.05) is 31.9 Å². The molecule has 0 atom stereocenters. The van der Waals surface area contributed by atoms with Gasteiger partial charge in [-0.2, -0.15) is 0 Å². The highest BCUT2D eigenvalue weighted by Gasteiger charge is 2.21. The Morgan fingerprint density at radius 2 is 1.71 bits per heavy atom. The fourth-order valence-corrected chi connectivity index (χ4v) is 3.31. The van der Waals surface area contributed by atoms with Crippen LogP contribution in [0, 0.1) is 19.7 Å². The number of halogens is 1. The number of urea groups is 1. The summed E-state index contributed by atoms with van der Waals surface area (Å²) < 4.78 is 13.5. The fourth-order valence-electron chi connectivity index (χ4n) is 3.31. The number of hydrogen-bond acceptors (Lipinski definition) is 4. The quantitative estimate of drug-likeness (QED) is 0.851. The van der Waals surface area contributed by atoms with E-state index < -0.39 is 17.8 Å². The van der Waals surface area contributed by atoms with E-state index >= 15 is 0 Å². The largest absolute Gasteiger partial charge is 0.369 e. The first-order valence-corrected chi connectivity index (χ1v) is 9.33. The van der Waals surface area contributed by atoms with Gasteiger partial charge < -0.3 is 10.2 Å². The molecule has 0 radical (unpaired) electrons.